The Morgan fingerprint density at radius 3 is 2.70 bits per heavy atom. The molecule has 0 saturated carbocycles. The third-order valence-corrected chi connectivity index (χ3v) is 6.77. The number of hydrogen-bond acceptors (Lipinski definition) is 6. The van der Waals surface area contributed by atoms with Gasteiger partial charge < -0.3 is 14.2 Å². The van der Waals surface area contributed by atoms with Crippen LogP contribution >= 0.6 is 39.9 Å². The van der Waals surface area contributed by atoms with Crippen molar-refractivity contribution >= 4 is 61.9 Å². The summed E-state index contributed by atoms with van der Waals surface area (Å²) in [6.45, 7) is 0.418. The average molecular weight is 544 g/mol. The fourth-order valence-corrected chi connectivity index (χ4v) is 5.03. The van der Waals surface area contributed by atoms with E-state index in [2.05, 4.69) is 15.9 Å². The second kappa shape index (κ2) is 9.17. The molecule has 0 radical (unpaired) electrons. The second-order valence-electron chi connectivity index (χ2n) is 7.15. The minimum Gasteiger partial charge on any atom is -0.488 e. The minimum absolute atomic E-state index is 0.153. The lowest BCUT2D eigenvalue weighted by atomic mass is 10.1. The number of ether oxygens (including phenoxy) is 3. The summed E-state index contributed by atoms with van der Waals surface area (Å²) in [6, 6.07) is 16.9. The van der Waals surface area contributed by atoms with E-state index in [9.17, 15) is 9.18 Å². The summed E-state index contributed by atoms with van der Waals surface area (Å²) in [5, 5.41) is 0. The van der Waals surface area contributed by atoms with E-state index in [1.807, 2.05) is 18.2 Å². The minimum atomic E-state index is -0.299. The number of rotatable bonds is 5. The molecule has 5 nitrogen and oxygen atoms in total. The van der Waals surface area contributed by atoms with E-state index in [1.165, 1.54) is 28.8 Å². The van der Waals surface area contributed by atoms with Gasteiger partial charge in [0.2, 0.25) is 6.79 Å². The summed E-state index contributed by atoms with van der Waals surface area (Å²) >= 11 is 10.2. The summed E-state index contributed by atoms with van der Waals surface area (Å²) in [6.07, 6.45) is 1.76. The maximum Gasteiger partial charge on any atom is 0.270 e. The van der Waals surface area contributed by atoms with Gasteiger partial charge in [0.25, 0.3) is 5.91 Å². The zero-order valence-electron chi connectivity index (χ0n) is 16.9. The predicted octanol–water partition coefficient (Wildman–Crippen LogP) is 6.30. The van der Waals surface area contributed by atoms with Crippen LogP contribution in [0.5, 0.6) is 17.2 Å². The van der Waals surface area contributed by atoms with E-state index in [0.29, 0.717) is 32.2 Å². The number of amides is 1. The SMILES string of the molecule is O=C1/C(=C/c2cc(Br)ccc2OCc2ccc(F)cc2)SC(=S)N1c1ccc2c(c1)OCO2. The third-order valence-electron chi connectivity index (χ3n) is 4.97. The molecule has 2 heterocycles. The molecule has 0 unspecified atom stereocenters. The molecule has 2 aliphatic heterocycles. The Kier molecular flexibility index (Phi) is 6.09. The lowest BCUT2D eigenvalue weighted by molar-refractivity contribution is -0.113. The van der Waals surface area contributed by atoms with Crippen LogP contribution < -0.4 is 19.1 Å². The van der Waals surface area contributed by atoms with Gasteiger partial charge in [-0.05, 0) is 54.1 Å². The van der Waals surface area contributed by atoms with Crippen LogP contribution in [0.3, 0.4) is 0 Å². The summed E-state index contributed by atoms with van der Waals surface area (Å²) in [5.41, 5.74) is 2.17. The molecule has 0 spiro atoms. The first kappa shape index (κ1) is 21.9. The van der Waals surface area contributed by atoms with Gasteiger partial charge in [0, 0.05) is 16.1 Å². The van der Waals surface area contributed by atoms with Gasteiger partial charge in [0.05, 0.1) is 10.6 Å². The molecule has 1 amide bonds. The molecule has 166 valence electrons. The van der Waals surface area contributed by atoms with Crippen LogP contribution in [0, 0.1) is 5.82 Å². The Morgan fingerprint density at radius 2 is 1.88 bits per heavy atom. The van der Waals surface area contributed by atoms with Crippen LogP contribution in [0.2, 0.25) is 0 Å². The van der Waals surface area contributed by atoms with Crippen LogP contribution in [-0.4, -0.2) is 17.0 Å². The number of thioether (sulfide) groups is 1. The Balaban J connectivity index is 1.40. The maximum atomic E-state index is 13.2. The first-order valence-corrected chi connectivity index (χ1v) is 11.8. The zero-order chi connectivity index (χ0) is 22.9. The normalized spacial score (nSPS) is 16.1. The number of carbonyl (C=O) groups is 1. The van der Waals surface area contributed by atoms with Crippen molar-refractivity contribution in [2.45, 2.75) is 6.61 Å². The van der Waals surface area contributed by atoms with Gasteiger partial charge in [0.15, 0.2) is 15.8 Å². The van der Waals surface area contributed by atoms with Gasteiger partial charge in [-0.1, -0.05) is 52.0 Å². The molecule has 3 aromatic carbocycles. The summed E-state index contributed by atoms with van der Waals surface area (Å²) < 4.78 is 31.2. The molecule has 1 saturated heterocycles. The second-order valence-corrected chi connectivity index (χ2v) is 9.74. The molecule has 5 rings (SSSR count). The number of carbonyl (C=O) groups excluding carboxylic acids is 1. The molecule has 3 aromatic rings. The number of nitrogens with zero attached hydrogens (tertiary/aromatic N) is 1. The first-order valence-electron chi connectivity index (χ1n) is 9.82. The first-order chi connectivity index (χ1) is 16.0. The molecular formula is C24H15BrFNO4S2. The molecule has 0 aliphatic carbocycles. The molecule has 1 fully saturated rings. The van der Waals surface area contributed by atoms with Crippen LogP contribution in [0.15, 0.2) is 70.0 Å². The predicted molar refractivity (Wildman–Crippen MR) is 133 cm³/mol. The highest BCUT2D eigenvalue weighted by molar-refractivity contribution is 9.10. The Morgan fingerprint density at radius 1 is 1.09 bits per heavy atom. The molecule has 0 aromatic heterocycles. The van der Waals surface area contributed by atoms with Crippen molar-refractivity contribution in [2.75, 3.05) is 11.7 Å². The van der Waals surface area contributed by atoms with E-state index in [4.69, 9.17) is 26.4 Å². The fraction of sp³-hybridized carbons (Fsp3) is 0.0833. The lowest BCUT2D eigenvalue weighted by Crippen LogP contribution is -2.27. The largest absolute Gasteiger partial charge is 0.488 e. The molecule has 2 aliphatic rings. The Labute approximate surface area is 207 Å². The van der Waals surface area contributed by atoms with Gasteiger partial charge in [-0.3, -0.25) is 9.69 Å². The van der Waals surface area contributed by atoms with Crippen LogP contribution in [0.1, 0.15) is 11.1 Å². The van der Waals surface area contributed by atoms with E-state index in [1.54, 1.807) is 36.4 Å². The number of halogens is 2. The average Bonchev–Trinajstić information content (AvgIpc) is 3.37. The molecule has 0 bridgehead atoms. The summed E-state index contributed by atoms with van der Waals surface area (Å²) in [7, 11) is 0. The van der Waals surface area contributed by atoms with Crippen molar-refractivity contribution in [3.05, 3.63) is 87.0 Å². The van der Waals surface area contributed by atoms with Gasteiger partial charge in [-0.15, -0.1) is 0 Å². The van der Waals surface area contributed by atoms with Crippen LogP contribution in [0.25, 0.3) is 6.08 Å². The Bertz CT molecular complexity index is 1300. The van der Waals surface area contributed by atoms with Gasteiger partial charge in [-0.2, -0.15) is 0 Å². The van der Waals surface area contributed by atoms with Crippen molar-refractivity contribution in [2.24, 2.45) is 0 Å². The monoisotopic (exact) mass is 543 g/mol. The molecular weight excluding hydrogens is 529 g/mol. The number of benzene rings is 3. The van der Waals surface area contributed by atoms with Crippen molar-refractivity contribution in [3.63, 3.8) is 0 Å². The van der Waals surface area contributed by atoms with Crippen LogP contribution in [-0.2, 0) is 11.4 Å². The van der Waals surface area contributed by atoms with Gasteiger partial charge in [0.1, 0.15) is 18.2 Å². The molecule has 33 heavy (non-hydrogen) atoms. The summed E-state index contributed by atoms with van der Waals surface area (Å²) in [5.74, 6) is 1.28. The maximum absolute atomic E-state index is 13.2. The van der Waals surface area contributed by atoms with Crippen molar-refractivity contribution in [1.29, 1.82) is 0 Å². The van der Waals surface area contributed by atoms with Crippen molar-refractivity contribution in [3.8, 4) is 17.2 Å². The summed E-state index contributed by atoms with van der Waals surface area (Å²) in [4.78, 5) is 15.2. The van der Waals surface area contributed by atoms with Gasteiger partial charge >= 0.3 is 0 Å². The molecule has 0 N–H and O–H groups in total. The number of fused-ring (bicyclic) bond motifs is 1. The van der Waals surface area contributed by atoms with Gasteiger partial charge in [-0.25, -0.2) is 4.39 Å². The van der Waals surface area contributed by atoms with E-state index in [0.717, 1.165) is 15.6 Å². The zero-order valence-corrected chi connectivity index (χ0v) is 20.1. The molecule has 0 atom stereocenters. The van der Waals surface area contributed by atoms with E-state index < -0.39 is 0 Å². The number of hydrogen-bond donors (Lipinski definition) is 0. The molecule has 9 heteroatoms. The standard InChI is InChI=1S/C24H15BrFNO4S2/c25-16-3-7-19(29-12-14-1-4-17(26)5-2-14)15(9-16)10-22-23(28)27(24(32)33-22)18-6-8-20-21(11-18)31-13-30-20/h1-11H,12-13H2/b22-10-. The van der Waals surface area contributed by atoms with Crippen LogP contribution in [0.4, 0.5) is 10.1 Å². The topological polar surface area (TPSA) is 48.0 Å². The van der Waals surface area contributed by atoms with Crippen molar-refractivity contribution < 1.29 is 23.4 Å². The number of anilines is 1. The third kappa shape index (κ3) is 4.62. The number of thiocarbonyl (C=S) groups is 1. The van der Waals surface area contributed by atoms with E-state index >= 15 is 0 Å². The smallest absolute Gasteiger partial charge is 0.270 e. The lowest BCUT2D eigenvalue weighted by Gasteiger charge is -2.15. The fourth-order valence-electron chi connectivity index (χ4n) is 3.36. The highest BCUT2D eigenvalue weighted by atomic mass is 79.9. The quantitative estimate of drug-likeness (QED) is 0.278. The highest BCUT2D eigenvalue weighted by Crippen LogP contribution is 2.41. The Hall–Kier alpha value is -2.88. The van der Waals surface area contributed by atoms with E-state index in [-0.39, 0.29) is 25.1 Å². The highest BCUT2D eigenvalue weighted by Gasteiger charge is 2.34. The van der Waals surface area contributed by atoms with Crippen molar-refractivity contribution in [1.82, 2.24) is 0 Å².